The Morgan fingerprint density at radius 3 is 2.84 bits per heavy atom. The lowest BCUT2D eigenvalue weighted by molar-refractivity contribution is -0.140. The molecule has 1 N–H and O–H groups in total. The third-order valence-electron chi connectivity index (χ3n) is 2.77. The molecular formula is C11H12FNO4S2. The fourth-order valence-electron chi connectivity index (χ4n) is 1.83. The average molecular weight is 305 g/mol. The van der Waals surface area contributed by atoms with Gasteiger partial charge < -0.3 is 5.11 Å². The summed E-state index contributed by atoms with van der Waals surface area (Å²) in [5.74, 6) is -1.13. The van der Waals surface area contributed by atoms with Gasteiger partial charge in [-0.3, -0.25) is 4.79 Å². The number of hydrogen-bond donors (Lipinski definition) is 1. The van der Waals surface area contributed by atoms with E-state index >= 15 is 0 Å². The molecule has 104 valence electrons. The second-order valence-electron chi connectivity index (χ2n) is 4.00. The van der Waals surface area contributed by atoms with Crippen molar-refractivity contribution in [2.24, 2.45) is 0 Å². The summed E-state index contributed by atoms with van der Waals surface area (Å²) in [6, 6.07) is 3.48. The molecule has 0 unspecified atom stereocenters. The number of halogens is 1. The Morgan fingerprint density at radius 2 is 2.21 bits per heavy atom. The van der Waals surface area contributed by atoms with Crippen LogP contribution in [0.2, 0.25) is 0 Å². The molecule has 5 nitrogen and oxygen atoms in total. The van der Waals surface area contributed by atoms with E-state index in [-0.39, 0.29) is 17.2 Å². The summed E-state index contributed by atoms with van der Waals surface area (Å²) in [4.78, 5) is 10.9. The van der Waals surface area contributed by atoms with E-state index < -0.39 is 27.9 Å². The van der Waals surface area contributed by atoms with Crippen LogP contribution in [-0.4, -0.2) is 47.9 Å². The van der Waals surface area contributed by atoms with Gasteiger partial charge in [-0.2, -0.15) is 16.1 Å². The number of aliphatic carboxylic acids is 1. The van der Waals surface area contributed by atoms with E-state index in [0.29, 0.717) is 5.75 Å². The number of benzene rings is 1. The third-order valence-corrected chi connectivity index (χ3v) is 5.69. The zero-order chi connectivity index (χ0) is 14.0. The van der Waals surface area contributed by atoms with Gasteiger partial charge >= 0.3 is 5.97 Å². The molecule has 1 fully saturated rings. The first kappa shape index (κ1) is 14.3. The first-order valence-electron chi connectivity index (χ1n) is 5.51. The standard InChI is InChI=1S/C11H12FNO4S2/c12-8-2-1-3-9(6-8)19(16,17)13-4-5-18-7-10(13)11(14)15/h1-3,6,10H,4-5,7H2,(H,14,15)/t10-/m0/s1. The topological polar surface area (TPSA) is 74.7 Å². The van der Waals surface area contributed by atoms with Crippen molar-refractivity contribution in [1.29, 1.82) is 0 Å². The van der Waals surface area contributed by atoms with E-state index in [1.165, 1.54) is 23.9 Å². The molecule has 0 radical (unpaired) electrons. The van der Waals surface area contributed by atoms with Crippen LogP contribution >= 0.6 is 11.8 Å². The smallest absolute Gasteiger partial charge is 0.322 e. The van der Waals surface area contributed by atoms with Crippen LogP contribution < -0.4 is 0 Å². The molecule has 1 saturated heterocycles. The van der Waals surface area contributed by atoms with Crippen molar-refractivity contribution in [2.75, 3.05) is 18.1 Å². The Hall–Kier alpha value is -1.12. The van der Waals surface area contributed by atoms with Crippen LogP contribution in [0.25, 0.3) is 0 Å². The number of carboxylic acid groups (broad SMARTS) is 1. The van der Waals surface area contributed by atoms with Gasteiger partial charge in [-0.25, -0.2) is 12.8 Å². The third kappa shape index (κ3) is 2.90. The monoisotopic (exact) mass is 305 g/mol. The van der Waals surface area contributed by atoms with E-state index in [1.54, 1.807) is 0 Å². The van der Waals surface area contributed by atoms with Gasteiger partial charge in [0.15, 0.2) is 0 Å². The highest BCUT2D eigenvalue weighted by Crippen LogP contribution is 2.25. The quantitative estimate of drug-likeness (QED) is 0.902. The summed E-state index contributed by atoms with van der Waals surface area (Å²) in [5, 5.41) is 9.08. The van der Waals surface area contributed by atoms with Crippen LogP contribution in [-0.2, 0) is 14.8 Å². The first-order chi connectivity index (χ1) is 8.93. The molecule has 1 aromatic carbocycles. The second kappa shape index (κ2) is 5.48. The highest BCUT2D eigenvalue weighted by molar-refractivity contribution is 7.99. The molecule has 0 aromatic heterocycles. The molecule has 8 heteroatoms. The first-order valence-corrected chi connectivity index (χ1v) is 8.10. The molecule has 0 amide bonds. The Bertz CT molecular complexity index is 590. The van der Waals surface area contributed by atoms with Gasteiger partial charge in [0.25, 0.3) is 0 Å². The number of rotatable bonds is 3. The SMILES string of the molecule is O=C(O)[C@@H]1CSCCN1S(=O)(=O)c1cccc(F)c1. The molecule has 0 aliphatic carbocycles. The molecule has 2 rings (SSSR count). The molecule has 19 heavy (non-hydrogen) atoms. The van der Waals surface area contributed by atoms with E-state index in [0.717, 1.165) is 16.4 Å². The van der Waals surface area contributed by atoms with Crippen LogP contribution in [0, 0.1) is 5.82 Å². The normalized spacial score (nSPS) is 21.2. The van der Waals surface area contributed by atoms with Crippen molar-refractivity contribution in [3.8, 4) is 0 Å². The van der Waals surface area contributed by atoms with Crippen molar-refractivity contribution < 1.29 is 22.7 Å². The summed E-state index contributed by atoms with van der Waals surface area (Å²) < 4.78 is 38.7. The minimum absolute atomic E-state index is 0.112. The van der Waals surface area contributed by atoms with Crippen molar-refractivity contribution >= 4 is 27.8 Å². The van der Waals surface area contributed by atoms with Gasteiger partial charge in [-0.05, 0) is 18.2 Å². The molecular weight excluding hydrogens is 293 g/mol. The van der Waals surface area contributed by atoms with Crippen LogP contribution in [0.5, 0.6) is 0 Å². The van der Waals surface area contributed by atoms with Gasteiger partial charge in [0.1, 0.15) is 11.9 Å². The van der Waals surface area contributed by atoms with Crippen molar-refractivity contribution in [3.63, 3.8) is 0 Å². The molecule has 0 saturated carbocycles. The summed E-state index contributed by atoms with van der Waals surface area (Å²) >= 11 is 1.39. The molecule has 0 spiro atoms. The number of sulfonamides is 1. The minimum atomic E-state index is -3.98. The van der Waals surface area contributed by atoms with Crippen LogP contribution in [0.4, 0.5) is 4.39 Å². The van der Waals surface area contributed by atoms with Gasteiger partial charge in [-0.15, -0.1) is 0 Å². The molecule has 1 heterocycles. The Kier molecular flexibility index (Phi) is 4.12. The lowest BCUT2D eigenvalue weighted by Crippen LogP contribution is -2.50. The van der Waals surface area contributed by atoms with Crippen molar-refractivity contribution in [1.82, 2.24) is 4.31 Å². The number of carbonyl (C=O) groups is 1. The fraction of sp³-hybridized carbons (Fsp3) is 0.364. The molecule has 1 aliphatic heterocycles. The van der Waals surface area contributed by atoms with Crippen molar-refractivity contribution in [3.05, 3.63) is 30.1 Å². The number of nitrogens with zero attached hydrogens (tertiary/aromatic N) is 1. The largest absolute Gasteiger partial charge is 0.480 e. The highest BCUT2D eigenvalue weighted by atomic mass is 32.2. The van der Waals surface area contributed by atoms with Crippen LogP contribution in [0.1, 0.15) is 0 Å². The second-order valence-corrected chi connectivity index (χ2v) is 7.04. The summed E-state index contributed by atoms with van der Waals surface area (Å²) in [7, 11) is -3.98. The summed E-state index contributed by atoms with van der Waals surface area (Å²) in [5.41, 5.74) is 0. The van der Waals surface area contributed by atoms with Gasteiger partial charge in [-0.1, -0.05) is 6.07 Å². The maximum absolute atomic E-state index is 13.1. The van der Waals surface area contributed by atoms with Gasteiger partial charge in [0, 0.05) is 18.1 Å². The summed E-state index contributed by atoms with van der Waals surface area (Å²) in [6.07, 6.45) is 0. The zero-order valence-corrected chi connectivity index (χ0v) is 11.5. The van der Waals surface area contributed by atoms with E-state index in [2.05, 4.69) is 0 Å². The highest BCUT2D eigenvalue weighted by Gasteiger charge is 2.38. The van der Waals surface area contributed by atoms with Crippen molar-refractivity contribution in [2.45, 2.75) is 10.9 Å². The van der Waals surface area contributed by atoms with Gasteiger partial charge in [0.05, 0.1) is 4.90 Å². The summed E-state index contributed by atoms with van der Waals surface area (Å²) in [6.45, 7) is 0.112. The predicted octanol–water partition coefficient (Wildman–Crippen LogP) is 1.02. The Labute approximate surface area is 114 Å². The Morgan fingerprint density at radius 1 is 1.47 bits per heavy atom. The Balaban J connectivity index is 2.40. The molecule has 1 atom stereocenters. The predicted molar refractivity (Wildman–Crippen MR) is 69.0 cm³/mol. The number of carboxylic acids is 1. The zero-order valence-electron chi connectivity index (χ0n) is 9.82. The van der Waals surface area contributed by atoms with Gasteiger partial charge in [0.2, 0.25) is 10.0 Å². The minimum Gasteiger partial charge on any atom is -0.480 e. The van der Waals surface area contributed by atoms with E-state index in [4.69, 9.17) is 5.11 Å². The lowest BCUT2D eigenvalue weighted by Gasteiger charge is -2.31. The molecule has 1 aromatic rings. The molecule has 1 aliphatic rings. The maximum Gasteiger partial charge on any atom is 0.322 e. The van der Waals surface area contributed by atoms with E-state index in [9.17, 15) is 17.6 Å². The number of thioether (sulfide) groups is 1. The van der Waals surface area contributed by atoms with Crippen LogP contribution in [0.3, 0.4) is 0 Å². The molecule has 0 bridgehead atoms. The van der Waals surface area contributed by atoms with E-state index in [1.807, 2.05) is 0 Å². The lowest BCUT2D eigenvalue weighted by atomic mass is 10.3. The average Bonchev–Trinajstić information content (AvgIpc) is 2.38. The maximum atomic E-state index is 13.1. The number of hydrogen-bond acceptors (Lipinski definition) is 4. The fourth-order valence-corrected chi connectivity index (χ4v) is 4.70. The van der Waals surface area contributed by atoms with Crippen LogP contribution in [0.15, 0.2) is 29.2 Å².